The molecule has 0 atom stereocenters. The molecule has 1 rings (SSSR count). The average molecular weight is 298 g/mol. The van der Waals surface area contributed by atoms with Crippen LogP contribution in [-0.2, 0) is 11.3 Å². The lowest BCUT2D eigenvalue weighted by atomic mass is 10.2. The van der Waals surface area contributed by atoms with Gasteiger partial charge in [0.2, 0.25) is 5.91 Å². The second-order valence-corrected chi connectivity index (χ2v) is 5.55. The lowest BCUT2D eigenvalue weighted by molar-refractivity contribution is -0.120. The maximum atomic E-state index is 11.8. The second-order valence-electron chi connectivity index (χ2n) is 5.14. The Morgan fingerprint density at radius 3 is 2.65 bits per heavy atom. The fourth-order valence-electron chi connectivity index (χ4n) is 1.91. The Kier molecular flexibility index (Phi) is 6.82. The number of rotatable bonds is 7. The van der Waals surface area contributed by atoms with Crippen molar-refractivity contribution in [2.75, 3.05) is 25.0 Å². The van der Waals surface area contributed by atoms with Crippen LogP contribution < -0.4 is 15.5 Å². The van der Waals surface area contributed by atoms with Crippen molar-refractivity contribution in [2.24, 2.45) is 0 Å². The van der Waals surface area contributed by atoms with Gasteiger partial charge in [-0.2, -0.15) is 0 Å². The topological polar surface area (TPSA) is 44.4 Å². The van der Waals surface area contributed by atoms with E-state index in [-0.39, 0.29) is 11.9 Å². The van der Waals surface area contributed by atoms with Crippen LogP contribution in [0.15, 0.2) is 18.2 Å². The van der Waals surface area contributed by atoms with Crippen LogP contribution in [0.25, 0.3) is 0 Å². The number of carbonyl (C=O) groups excluding carboxylic acids is 1. The van der Waals surface area contributed by atoms with Crippen LogP contribution >= 0.6 is 11.6 Å². The van der Waals surface area contributed by atoms with E-state index in [0.29, 0.717) is 11.6 Å². The zero-order valence-electron chi connectivity index (χ0n) is 12.7. The molecule has 0 aromatic heterocycles. The molecule has 0 aliphatic heterocycles. The molecule has 0 saturated carbocycles. The summed E-state index contributed by atoms with van der Waals surface area (Å²) in [6, 6.07) is 6.07. The van der Waals surface area contributed by atoms with Crippen LogP contribution in [0.1, 0.15) is 26.3 Å². The third-order valence-electron chi connectivity index (χ3n) is 2.83. The van der Waals surface area contributed by atoms with Gasteiger partial charge in [0, 0.05) is 19.6 Å². The molecular weight excluding hydrogens is 274 g/mol. The summed E-state index contributed by atoms with van der Waals surface area (Å²) in [7, 11) is 1.87. The minimum absolute atomic E-state index is 0.00436. The van der Waals surface area contributed by atoms with E-state index in [2.05, 4.69) is 17.6 Å². The molecule has 0 bridgehead atoms. The molecule has 0 unspecified atom stereocenters. The van der Waals surface area contributed by atoms with Crippen LogP contribution in [-0.4, -0.2) is 32.1 Å². The zero-order chi connectivity index (χ0) is 15.1. The molecule has 1 amide bonds. The third kappa shape index (κ3) is 5.39. The molecular formula is C15H24ClN3O. The Morgan fingerprint density at radius 2 is 2.10 bits per heavy atom. The molecule has 20 heavy (non-hydrogen) atoms. The predicted molar refractivity (Wildman–Crippen MR) is 85.4 cm³/mol. The summed E-state index contributed by atoms with van der Waals surface area (Å²) in [5.74, 6) is -0.00436. The molecule has 4 nitrogen and oxygen atoms in total. The SMILES string of the molecule is CCNCc1ccc(N(C)CC(=O)NC(C)C)c(Cl)c1. The number of halogens is 1. The van der Waals surface area contributed by atoms with Gasteiger partial charge in [-0.1, -0.05) is 24.6 Å². The van der Waals surface area contributed by atoms with E-state index >= 15 is 0 Å². The number of carbonyl (C=O) groups is 1. The van der Waals surface area contributed by atoms with Crippen molar-refractivity contribution in [1.82, 2.24) is 10.6 Å². The number of hydrogen-bond acceptors (Lipinski definition) is 3. The quantitative estimate of drug-likeness (QED) is 0.812. The van der Waals surface area contributed by atoms with Gasteiger partial charge >= 0.3 is 0 Å². The number of likely N-dealkylation sites (N-methyl/N-ethyl adjacent to an activating group) is 1. The highest BCUT2D eigenvalue weighted by molar-refractivity contribution is 6.33. The normalized spacial score (nSPS) is 10.7. The second kappa shape index (κ2) is 8.12. The molecule has 0 heterocycles. The van der Waals surface area contributed by atoms with Gasteiger partial charge in [-0.25, -0.2) is 0 Å². The summed E-state index contributed by atoms with van der Waals surface area (Å²) < 4.78 is 0. The summed E-state index contributed by atoms with van der Waals surface area (Å²) in [4.78, 5) is 13.6. The summed E-state index contributed by atoms with van der Waals surface area (Å²) >= 11 is 6.29. The number of anilines is 1. The zero-order valence-corrected chi connectivity index (χ0v) is 13.4. The molecule has 0 saturated heterocycles. The van der Waals surface area contributed by atoms with Crippen LogP contribution in [0.3, 0.4) is 0 Å². The molecule has 5 heteroatoms. The van der Waals surface area contributed by atoms with Crippen molar-refractivity contribution >= 4 is 23.2 Å². The van der Waals surface area contributed by atoms with Crippen molar-refractivity contribution in [3.63, 3.8) is 0 Å². The highest BCUT2D eigenvalue weighted by atomic mass is 35.5. The van der Waals surface area contributed by atoms with Gasteiger partial charge in [-0.05, 0) is 38.1 Å². The van der Waals surface area contributed by atoms with Gasteiger partial charge in [-0.15, -0.1) is 0 Å². The van der Waals surface area contributed by atoms with E-state index in [1.165, 1.54) is 0 Å². The Morgan fingerprint density at radius 1 is 1.40 bits per heavy atom. The first-order valence-electron chi connectivity index (χ1n) is 6.93. The van der Waals surface area contributed by atoms with Crippen LogP contribution in [0.2, 0.25) is 5.02 Å². The number of nitrogens with one attached hydrogen (secondary N) is 2. The predicted octanol–water partition coefficient (Wildman–Crippen LogP) is 2.41. The number of hydrogen-bond donors (Lipinski definition) is 2. The van der Waals surface area contributed by atoms with E-state index in [4.69, 9.17) is 11.6 Å². The summed E-state index contributed by atoms with van der Waals surface area (Å²) in [5.41, 5.74) is 2.01. The Bertz CT molecular complexity index is 449. The average Bonchev–Trinajstić information content (AvgIpc) is 2.35. The van der Waals surface area contributed by atoms with Crippen molar-refractivity contribution in [2.45, 2.75) is 33.4 Å². The third-order valence-corrected chi connectivity index (χ3v) is 3.14. The van der Waals surface area contributed by atoms with Gasteiger partial charge in [0.25, 0.3) is 0 Å². The summed E-state index contributed by atoms with van der Waals surface area (Å²) in [6.45, 7) is 7.98. The monoisotopic (exact) mass is 297 g/mol. The lowest BCUT2D eigenvalue weighted by Crippen LogP contribution is -2.38. The molecule has 0 aliphatic rings. The lowest BCUT2D eigenvalue weighted by Gasteiger charge is -2.21. The fourth-order valence-corrected chi connectivity index (χ4v) is 2.25. The smallest absolute Gasteiger partial charge is 0.239 e. The van der Waals surface area contributed by atoms with Crippen molar-refractivity contribution in [3.8, 4) is 0 Å². The Hall–Kier alpha value is -1.26. The summed E-state index contributed by atoms with van der Waals surface area (Å²) in [5, 5.41) is 6.79. The Labute approximate surface area is 126 Å². The molecule has 0 fully saturated rings. The van der Waals surface area contributed by atoms with E-state index in [0.717, 1.165) is 24.3 Å². The van der Waals surface area contributed by atoms with E-state index in [9.17, 15) is 4.79 Å². The van der Waals surface area contributed by atoms with Gasteiger partial charge in [0.15, 0.2) is 0 Å². The molecule has 0 spiro atoms. The first-order valence-corrected chi connectivity index (χ1v) is 7.31. The molecule has 112 valence electrons. The van der Waals surface area contributed by atoms with Gasteiger partial charge < -0.3 is 15.5 Å². The summed E-state index contributed by atoms with van der Waals surface area (Å²) in [6.07, 6.45) is 0. The van der Waals surface area contributed by atoms with Crippen molar-refractivity contribution in [1.29, 1.82) is 0 Å². The first kappa shape index (κ1) is 16.8. The molecule has 2 N–H and O–H groups in total. The minimum Gasteiger partial charge on any atom is -0.364 e. The maximum absolute atomic E-state index is 11.8. The standard InChI is InChI=1S/C15H24ClN3O/c1-5-17-9-12-6-7-14(13(16)8-12)19(4)10-15(20)18-11(2)3/h6-8,11,17H,5,9-10H2,1-4H3,(H,18,20). The van der Waals surface area contributed by atoms with Gasteiger partial charge in [0.05, 0.1) is 17.3 Å². The van der Waals surface area contributed by atoms with E-state index in [1.807, 2.05) is 44.0 Å². The molecule has 0 aliphatic carbocycles. The highest BCUT2D eigenvalue weighted by Crippen LogP contribution is 2.25. The van der Waals surface area contributed by atoms with Crippen molar-refractivity contribution in [3.05, 3.63) is 28.8 Å². The van der Waals surface area contributed by atoms with E-state index < -0.39 is 0 Å². The number of benzene rings is 1. The molecule has 1 aromatic carbocycles. The van der Waals surface area contributed by atoms with Gasteiger partial charge in [0.1, 0.15) is 0 Å². The Balaban J connectivity index is 2.68. The molecule has 0 radical (unpaired) electrons. The van der Waals surface area contributed by atoms with Crippen molar-refractivity contribution < 1.29 is 4.79 Å². The van der Waals surface area contributed by atoms with Crippen LogP contribution in [0.5, 0.6) is 0 Å². The van der Waals surface area contributed by atoms with Gasteiger partial charge in [-0.3, -0.25) is 4.79 Å². The molecule has 1 aromatic rings. The largest absolute Gasteiger partial charge is 0.364 e. The van der Waals surface area contributed by atoms with E-state index in [1.54, 1.807) is 0 Å². The van der Waals surface area contributed by atoms with Crippen LogP contribution in [0, 0.1) is 0 Å². The number of nitrogens with zero attached hydrogens (tertiary/aromatic N) is 1. The number of amides is 1. The van der Waals surface area contributed by atoms with Crippen LogP contribution in [0.4, 0.5) is 5.69 Å². The first-order chi connectivity index (χ1) is 9.43. The maximum Gasteiger partial charge on any atom is 0.239 e. The minimum atomic E-state index is -0.00436. The fraction of sp³-hybridized carbons (Fsp3) is 0.533. The highest BCUT2D eigenvalue weighted by Gasteiger charge is 2.11.